The molecule has 0 aliphatic carbocycles. The van der Waals surface area contributed by atoms with Gasteiger partial charge in [-0.1, -0.05) is 43.9 Å². The number of carbonyl (C=O) groups is 2. The molecule has 36 heavy (non-hydrogen) atoms. The van der Waals surface area contributed by atoms with E-state index in [2.05, 4.69) is 21.9 Å². The highest BCUT2D eigenvalue weighted by molar-refractivity contribution is 7.89. The van der Waals surface area contributed by atoms with E-state index in [1.54, 1.807) is 23.7 Å². The molecule has 0 unspecified atom stereocenters. The number of nitrogens with one attached hydrogen (secondary N) is 3. The Morgan fingerprint density at radius 1 is 1.06 bits per heavy atom. The fourth-order valence-corrected chi connectivity index (χ4v) is 5.81. The molecule has 0 atom stereocenters. The molecule has 2 amide bonds. The highest BCUT2D eigenvalue weighted by Crippen LogP contribution is 2.36. The van der Waals surface area contributed by atoms with Crippen LogP contribution in [-0.4, -0.2) is 44.1 Å². The van der Waals surface area contributed by atoms with Crippen LogP contribution in [-0.2, 0) is 19.6 Å². The number of anilines is 1. The molecule has 4 N–H and O–H groups in total. The topological polar surface area (TPSA) is 147 Å². The first kappa shape index (κ1) is 29.7. The summed E-state index contributed by atoms with van der Waals surface area (Å²) >= 11 is 1.30. The van der Waals surface area contributed by atoms with Gasteiger partial charge >= 0.3 is 0 Å². The maximum atomic E-state index is 13.0. The zero-order valence-corrected chi connectivity index (χ0v) is 22.7. The van der Waals surface area contributed by atoms with Gasteiger partial charge in [-0.25, -0.2) is 23.6 Å². The molecule has 0 radical (unpaired) electrons. The van der Waals surface area contributed by atoms with Gasteiger partial charge in [-0.3, -0.25) is 14.8 Å². The number of rotatable bonds is 16. The molecule has 0 saturated heterocycles. The molecule has 0 aliphatic heterocycles. The third-order valence-corrected chi connectivity index (χ3v) is 8.12. The van der Waals surface area contributed by atoms with Crippen molar-refractivity contribution in [2.24, 2.45) is 0 Å². The van der Waals surface area contributed by atoms with Crippen LogP contribution in [0.15, 0.2) is 23.1 Å². The van der Waals surface area contributed by atoms with Crippen molar-refractivity contribution in [1.29, 1.82) is 0 Å². The van der Waals surface area contributed by atoms with Gasteiger partial charge in [0.2, 0.25) is 21.8 Å². The first-order valence-electron chi connectivity index (χ1n) is 12.1. The van der Waals surface area contributed by atoms with Crippen molar-refractivity contribution in [2.45, 2.75) is 76.5 Å². The molecular weight excluding hydrogens is 504 g/mol. The Kier molecular flexibility index (Phi) is 12.3. The maximum absolute atomic E-state index is 13.0. The number of nitrogens with zero attached hydrogens (tertiary/aromatic N) is 1. The van der Waals surface area contributed by atoms with Crippen LogP contribution >= 0.6 is 11.3 Å². The summed E-state index contributed by atoms with van der Waals surface area (Å²) in [6.07, 6.45) is 6.24. The molecule has 0 spiro atoms. The Morgan fingerprint density at radius 3 is 2.44 bits per heavy atom. The molecule has 1 aromatic heterocycles. The van der Waals surface area contributed by atoms with E-state index >= 15 is 0 Å². The Bertz CT molecular complexity index is 1120. The van der Waals surface area contributed by atoms with E-state index in [0.29, 0.717) is 35.7 Å². The lowest BCUT2D eigenvalue weighted by molar-refractivity contribution is -0.129. The highest BCUT2D eigenvalue weighted by Gasteiger charge is 2.22. The number of aromatic nitrogens is 1. The number of thiazole rings is 1. The number of carbonyl (C=O) groups excluding carboxylic acids is 2. The molecule has 0 aliphatic rings. The van der Waals surface area contributed by atoms with Crippen LogP contribution in [0.25, 0.3) is 10.4 Å². The molecule has 1 aromatic carbocycles. The summed E-state index contributed by atoms with van der Waals surface area (Å²) in [7, 11) is -2.42. The van der Waals surface area contributed by atoms with Gasteiger partial charge in [-0.2, -0.15) is 0 Å². The lowest BCUT2D eigenvalue weighted by Gasteiger charge is -2.12. The minimum absolute atomic E-state index is 0.0278. The first-order chi connectivity index (χ1) is 17.2. The summed E-state index contributed by atoms with van der Waals surface area (Å²) in [5.74, 6) is -0.282. The molecule has 0 bridgehead atoms. The quantitative estimate of drug-likeness (QED) is 0.140. The van der Waals surface area contributed by atoms with Crippen LogP contribution in [0.3, 0.4) is 0 Å². The van der Waals surface area contributed by atoms with E-state index in [4.69, 9.17) is 9.94 Å². The summed E-state index contributed by atoms with van der Waals surface area (Å²) in [6.45, 7) is 4.15. The van der Waals surface area contributed by atoms with Gasteiger partial charge in [0.1, 0.15) is 10.6 Å². The van der Waals surface area contributed by atoms with E-state index in [1.807, 2.05) is 6.92 Å². The largest absolute Gasteiger partial charge is 0.495 e. The molecule has 10 nitrogen and oxygen atoms in total. The smallest absolute Gasteiger partial charge is 0.244 e. The number of ether oxygens (including phenoxy) is 1. The Hall–Kier alpha value is -2.54. The number of hydrogen-bond acceptors (Lipinski definition) is 8. The normalized spacial score (nSPS) is 11.3. The van der Waals surface area contributed by atoms with E-state index in [0.717, 1.165) is 37.0 Å². The van der Waals surface area contributed by atoms with Crippen molar-refractivity contribution < 1.29 is 28.0 Å². The second-order valence-corrected chi connectivity index (χ2v) is 11.1. The number of sulfonamides is 1. The van der Waals surface area contributed by atoms with Crippen molar-refractivity contribution in [2.75, 3.05) is 19.0 Å². The van der Waals surface area contributed by atoms with Gasteiger partial charge in [-0.15, -0.1) is 0 Å². The molecule has 0 fully saturated rings. The van der Waals surface area contributed by atoms with E-state index in [1.165, 1.54) is 18.4 Å². The summed E-state index contributed by atoms with van der Waals surface area (Å²) < 4.78 is 34.0. The average Bonchev–Trinajstić information content (AvgIpc) is 3.22. The molecule has 2 rings (SSSR count). The molecule has 1 heterocycles. The fraction of sp³-hybridized carbons (Fsp3) is 0.542. The minimum atomic E-state index is -3.84. The van der Waals surface area contributed by atoms with Crippen molar-refractivity contribution in [3.8, 4) is 16.2 Å². The van der Waals surface area contributed by atoms with E-state index < -0.39 is 15.9 Å². The predicted molar refractivity (Wildman–Crippen MR) is 140 cm³/mol. The summed E-state index contributed by atoms with van der Waals surface area (Å²) in [4.78, 5) is 28.4. The molecule has 12 heteroatoms. The monoisotopic (exact) mass is 540 g/mol. The van der Waals surface area contributed by atoms with Crippen molar-refractivity contribution in [3.05, 3.63) is 23.9 Å². The van der Waals surface area contributed by atoms with Crippen LogP contribution in [0, 0.1) is 6.92 Å². The van der Waals surface area contributed by atoms with E-state index in [-0.39, 0.29) is 29.5 Å². The SMILES string of the molecule is CCCCCC(=O)Nc1nc(C)c(-c2ccc(OC)c(S(=O)(=O)NCCCCCCC(=O)NO)c2)s1. The second-order valence-electron chi connectivity index (χ2n) is 8.40. The fourth-order valence-electron chi connectivity index (χ4n) is 3.57. The number of hydroxylamine groups is 1. The number of aryl methyl sites for hydroxylation is 1. The number of methoxy groups -OCH3 is 1. The molecule has 200 valence electrons. The standard InChI is InChI=1S/C24H36N4O6S2/c1-4-5-8-11-21(29)27-24-26-17(2)23(35-24)18-13-14-19(34-3)20(16-18)36(32,33)25-15-10-7-6-9-12-22(30)28-31/h13-14,16,25,31H,4-12,15H2,1-3H3,(H,28,30)(H,26,27,29). The molecular formula is C24H36N4O6S2. The first-order valence-corrected chi connectivity index (χ1v) is 14.4. The van der Waals surface area contributed by atoms with Crippen molar-refractivity contribution in [1.82, 2.24) is 15.2 Å². The maximum Gasteiger partial charge on any atom is 0.244 e. The van der Waals surface area contributed by atoms with Crippen LogP contribution in [0.4, 0.5) is 5.13 Å². The summed E-state index contributed by atoms with van der Waals surface area (Å²) in [5, 5.41) is 11.8. The number of unbranched alkanes of at least 4 members (excludes halogenated alkanes) is 5. The van der Waals surface area contributed by atoms with Gasteiger partial charge in [0, 0.05) is 19.4 Å². The Labute approximate surface area is 216 Å². The average molecular weight is 541 g/mol. The lowest BCUT2D eigenvalue weighted by atomic mass is 10.1. The Morgan fingerprint density at radius 2 is 1.75 bits per heavy atom. The van der Waals surface area contributed by atoms with Gasteiger partial charge in [-0.05, 0) is 49.9 Å². The number of benzene rings is 1. The van der Waals surface area contributed by atoms with Gasteiger partial charge in [0.15, 0.2) is 5.13 Å². The van der Waals surface area contributed by atoms with Crippen LogP contribution in [0.5, 0.6) is 5.75 Å². The van der Waals surface area contributed by atoms with Gasteiger partial charge in [0.05, 0.1) is 17.7 Å². The van der Waals surface area contributed by atoms with Crippen molar-refractivity contribution in [3.63, 3.8) is 0 Å². The van der Waals surface area contributed by atoms with Crippen molar-refractivity contribution >= 4 is 38.3 Å². The zero-order chi connectivity index (χ0) is 26.6. The second kappa shape index (κ2) is 14.9. The Balaban J connectivity index is 2.06. The van der Waals surface area contributed by atoms with Crippen LogP contribution in [0.1, 0.15) is 70.4 Å². The van der Waals surface area contributed by atoms with Crippen LogP contribution in [0.2, 0.25) is 0 Å². The highest BCUT2D eigenvalue weighted by atomic mass is 32.2. The third-order valence-electron chi connectivity index (χ3n) is 5.51. The van der Waals surface area contributed by atoms with Gasteiger partial charge in [0.25, 0.3) is 0 Å². The van der Waals surface area contributed by atoms with Gasteiger partial charge < -0.3 is 10.1 Å². The summed E-state index contributed by atoms with van der Waals surface area (Å²) in [5.41, 5.74) is 2.95. The van der Waals surface area contributed by atoms with E-state index in [9.17, 15) is 18.0 Å². The number of amides is 2. The molecule has 2 aromatic rings. The van der Waals surface area contributed by atoms with Crippen LogP contribution < -0.4 is 20.3 Å². The minimum Gasteiger partial charge on any atom is -0.495 e. The predicted octanol–water partition coefficient (Wildman–Crippen LogP) is 4.38. The number of hydrogen-bond donors (Lipinski definition) is 4. The summed E-state index contributed by atoms with van der Waals surface area (Å²) in [6, 6.07) is 4.94. The lowest BCUT2D eigenvalue weighted by Crippen LogP contribution is -2.25. The third kappa shape index (κ3) is 9.16. The zero-order valence-electron chi connectivity index (χ0n) is 21.1. The molecule has 0 saturated carbocycles.